The van der Waals surface area contributed by atoms with Crippen molar-refractivity contribution in [3.8, 4) is 0 Å². The fourth-order valence-corrected chi connectivity index (χ4v) is 2.25. The second-order valence-corrected chi connectivity index (χ2v) is 5.36. The van der Waals surface area contributed by atoms with E-state index in [9.17, 15) is 13.2 Å². The average molecular weight is 324 g/mol. The van der Waals surface area contributed by atoms with E-state index in [2.05, 4.69) is 5.32 Å². The van der Waals surface area contributed by atoms with Gasteiger partial charge < -0.3 is 15.3 Å². The van der Waals surface area contributed by atoms with E-state index in [-0.39, 0.29) is 12.6 Å². The van der Waals surface area contributed by atoms with Crippen molar-refractivity contribution >= 4 is 11.4 Å². The molecule has 0 bridgehead atoms. The van der Waals surface area contributed by atoms with Crippen LogP contribution in [0.15, 0.2) is 36.4 Å². The molecule has 0 saturated carbocycles. The lowest BCUT2D eigenvalue weighted by molar-refractivity contribution is 0.304. The van der Waals surface area contributed by atoms with Gasteiger partial charge in [-0.2, -0.15) is 0 Å². The molecule has 0 aliphatic rings. The first-order valence-electron chi connectivity index (χ1n) is 7.25. The Kier molecular flexibility index (Phi) is 5.50. The molecule has 2 N–H and O–H groups in total. The summed E-state index contributed by atoms with van der Waals surface area (Å²) in [7, 11) is 1.87. The van der Waals surface area contributed by atoms with Crippen molar-refractivity contribution < 1.29 is 18.3 Å². The Labute approximate surface area is 133 Å². The summed E-state index contributed by atoms with van der Waals surface area (Å²) in [5.74, 6) is -3.86. The lowest BCUT2D eigenvalue weighted by Crippen LogP contribution is -2.20. The van der Waals surface area contributed by atoms with E-state index in [1.165, 1.54) is 0 Å². The Bertz CT molecular complexity index is 638. The van der Waals surface area contributed by atoms with Gasteiger partial charge in [-0.05, 0) is 48.9 Å². The molecule has 0 aliphatic carbocycles. The number of aliphatic hydroxyl groups is 1. The van der Waals surface area contributed by atoms with Gasteiger partial charge in [-0.3, -0.25) is 0 Å². The Hall–Kier alpha value is -2.21. The lowest BCUT2D eigenvalue weighted by atomic mass is 10.1. The van der Waals surface area contributed by atoms with E-state index < -0.39 is 17.5 Å². The first kappa shape index (κ1) is 17.1. The highest BCUT2D eigenvalue weighted by Crippen LogP contribution is 2.24. The van der Waals surface area contributed by atoms with Gasteiger partial charge in [0.15, 0.2) is 17.5 Å². The monoisotopic (exact) mass is 324 g/mol. The molecule has 0 amide bonds. The molecular weight excluding hydrogens is 305 g/mol. The number of aliphatic hydroxyl groups excluding tert-OH is 1. The third kappa shape index (κ3) is 4.16. The number of likely N-dealkylation sites (N-methyl/N-ethyl adjacent to an activating group) is 1. The minimum atomic E-state index is -1.46. The van der Waals surface area contributed by atoms with Crippen LogP contribution in [0.5, 0.6) is 0 Å². The van der Waals surface area contributed by atoms with E-state index in [4.69, 9.17) is 5.11 Å². The van der Waals surface area contributed by atoms with Crippen molar-refractivity contribution in [1.82, 2.24) is 0 Å². The zero-order valence-corrected chi connectivity index (χ0v) is 13.0. The number of benzene rings is 2. The number of hydrogen-bond donors (Lipinski definition) is 2. The van der Waals surface area contributed by atoms with Gasteiger partial charge in [-0.15, -0.1) is 0 Å². The number of rotatable bonds is 6. The molecule has 2 aromatic carbocycles. The Morgan fingerprint density at radius 2 is 1.65 bits per heavy atom. The number of nitrogens with zero attached hydrogens (tertiary/aromatic N) is 1. The highest BCUT2D eigenvalue weighted by Gasteiger charge is 2.14. The molecule has 124 valence electrons. The van der Waals surface area contributed by atoms with Gasteiger partial charge in [-0.1, -0.05) is 0 Å². The molecule has 1 atom stereocenters. The highest BCUT2D eigenvalue weighted by molar-refractivity contribution is 5.55. The first-order chi connectivity index (χ1) is 10.9. The summed E-state index contributed by atoms with van der Waals surface area (Å²) in [5.41, 5.74) is 2.03. The molecule has 2 aromatic rings. The molecule has 0 spiro atoms. The summed E-state index contributed by atoms with van der Waals surface area (Å²) in [5, 5.41) is 12.0. The summed E-state index contributed by atoms with van der Waals surface area (Å²) in [6.45, 7) is 2.32. The molecule has 0 aliphatic heterocycles. The quantitative estimate of drug-likeness (QED) is 0.795. The fraction of sp³-hybridized carbons (Fsp3) is 0.294. The molecule has 3 nitrogen and oxygen atoms in total. The molecule has 0 heterocycles. The summed E-state index contributed by atoms with van der Waals surface area (Å²) < 4.78 is 39.6. The average Bonchev–Trinajstić information content (AvgIpc) is 2.53. The van der Waals surface area contributed by atoms with E-state index in [1.54, 1.807) is 6.92 Å². The van der Waals surface area contributed by atoms with Crippen LogP contribution in [0.25, 0.3) is 0 Å². The Balaban J connectivity index is 2.10. The predicted molar refractivity (Wildman–Crippen MR) is 85.2 cm³/mol. The summed E-state index contributed by atoms with van der Waals surface area (Å²) >= 11 is 0. The van der Waals surface area contributed by atoms with E-state index >= 15 is 0 Å². The number of nitrogens with one attached hydrogen (secondary N) is 1. The number of anilines is 2. The molecular formula is C17H19F3N2O. The van der Waals surface area contributed by atoms with E-state index in [0.717, 1.165) is 23.5 Å². The molecule has 0 saturated heterocycles. The molecule has 1 unspecified atom stereocenters. The topological polar surface area (TPSA) is 35.5 Å². The van der Waals surface area contributed by atoms with Crippen LogP contribution in [-0.4, -0.2) is 25.3 Å². The van der Waals surface area contributed by atoms with Crippen molar-refractivity contribution in [1.29, 1.82) is 0 Å². The normalized spacial score (nSPS) is 12.1. The molecule has 23 heavy (non-hydrogen) atoms. The smallest absolute Gasteiger partial charge is 0.194 e. The second kappa shape index (κ2) is 7.37. The van der Waals surface area contributed by atoms with Crippen LogP contribution >= 0.6 is 0 Å². The zero-order chi connectivity index (χ0) is 17.0. The standard InChI is InChI=1S/C17H19F3N2O/c1-11(12-9-15(18)17(20)16(19)10-12)21-13-3-5-14(6-4-13)22(2)7-8-23/h3-6,9-11,21,23H,7-8H2,1-2H3. The maximum absolute atomic E-state index is 13.3. The maximum Gasteiger partial charge on any atom is 0.194 e. The molecule has 2 rings (SSSR count). The van der Waals surface area contributed by atoms with Gasteiger partial charge in [0.05, 0.1) is 6.61 Å². The fourth-order valence-electron chi connectivity index (χ4n) is 2.25. The third-order valence-electron chi connectivity index (χ3n) is 3.63. The van der Waals surface area contributed by atoms with Crippen molar-refractivity contribution in [3.63, 3.8) is 0 Å². The van der Waals surface area contributed by atoms with E-state index in [1.807, 2.05) is 36.2 Å². The molecule has 0 radical (unpaired) electrons. The molecule has 0 aromatic heterocycles. The first-order valence-corrected chi connectivity index (χ1v) is 7.25. The molecule has 6 heteroatoms. The lowest BCUT2D eigenvalue weighted by Gasteiger charge is -2.20. The minimum absolute atomic E-state index is 0.0647. The van der Waals surface area contributed by atoms with Crippen molar-refractivity contribution in [3.05, 3.63) is 59.4 Å². The maximum atomic E-state index is 13.3. The minimum Gasteiger partial charge on any atom is -0.395 e. The largest absolute Gasteiger partial charge is 0.395 e. The van der Waals surface area contributed by atoms with Gasteiger partial charge in [0.2, 0.25) is 0 Å². The third-order valence-corrected chi connectivity index (χ3v) is 3.63. The van der Waals surface area contributed by atoms with Crippen LogP contribution in [0.4, 0.5) is 24.5 Å². The predicted octanol–water partition coefficient (Wildman–Crippen LogP) is 3.71. The van der Waals surface area contributed by atoms with Gasteiger partial charge in [0.1, 0.15) is 0 Å². The van der Waals surface area contributed by atoms with Gasteiger partial charge in [-0.25, -0.2) is 13.2 Å². The highest BCUT2D eigenvalue weighted by atomic mass is 19.2. The van der Waals surface area contributed by atoms with Crippen LogP contribution in [-0.2, 0) is 0 Å². The van der Waals surface area contributed by atoms with Crippen LogP contribution in [0, 0.1) is 17.5 Å². The van der Waals surface area contributed by atoms with Crippen LogP contribution < -0.4 is 10.2 Å². The zero-order valence-electron chi connectivity index (χ0n) is 13.0. The summed E-state index contributed by atoms with van der Waals surface area (Å²) in [6, 6.07) is 8.98. The summed E-state index contributed by atoms with van der Waals surface area (Å²) in [4.78, 5) is 1.90. The van der Waals surface area contributed by atoms with E-state index in [0.29, 0.717) is 12.1 Å². The van der Waals surface area contributed by atoms with Crippen molar-refractivity contribution in [2.45, 2.75) is 13.0 Å². The van der Waals surface area contributed by atoms with Crippen molar-refractivity contribution in [2.24, 2.45) is 0 Å². The van der Waals surface area contributed by atoms with Gasteiger partial charge in [0, 0.05) is 31.0 Å². The Morgan fingerprint density at radius 3 is 2.17 bits per heavy atom. The van der Waals surface area contributed by atoms with Gasteiger partial charge in [0.25, 0.3) is 0 Å². The number of hydrogen-bond acceptors (Lipinski definition) is 3. The van der Waals surface area contributed by atoms with Gasteiger partial charge >= 0.3 is 0 Å². The van der Waals surface area contributed by atoms with Crippen LogP contribution in [0.3, 0.4) is 0 Å². The summed E-state index contributed by atoms with van der Waals surface area (Å²) in [6.07, 6.45) is 0. The van der Waals surface area contributed by atoms with Crippen LogP contribution in [0.1, 0.15) is 18.5 Å². The Morgan fingerprint density at radius 1 is 1.09 bits per heavy atom. The second-order valence-electron chi connectivity index (χ2n) is 5.36. The van der Waals surface area contributed by atoms with Crippen molar-refractivity contribution in [2.75, 3.05) is 30.4 Å². The SMILES string of the molecule is CC(Nc1ccc(N(C)CCO)cc1)c1cc(F)c(F)c(F)c1. The van der Waals surface area contributed by atoms with Crippen LogP contribution in [0.2, 0.25) is 0 Å². The molecule has 0 fully saturated rings. The number of halogens is 3.